The Kier molecular flexibility index (Phi) is 5.59. The molecule has 0 saturated heterocycles. The van der Waals surface area contributed by atoms with Gasteiger partial charge in [-0.25, -0.2) is 0 Å². The molecule has 0 heterocycles. The van der Waals surface area contributed by atoms with Gasteiger partial charge in [-0.1, -0.05) is 13.8 Å². The van der Waals surface area contributed by atoms with E-state index in [1.165, 1.54) is 0 Å². The maximum absolute atomic E-state index is 11.6. The van der Waals surface area contributed by atoms with Gasteiger partial charge in [0.1, 0.15) is 5.75 Å². The number of amides is 1. The Morgan fingerprint density at radius 2 is 2.12 bits per heavy atom. The second kappa shape index (κ2) is 6.50. The quantitative estimate of drug-likeness (QED) is 0.677. The van der Waals surface area contributed by atoms with Gasteiger partial charge in [-0.05, 0) is 37.6 Å². The van der Waals surface area contributed by atoms with Gasteiger partial charge in [0.15, 0.2) is 0 Å². The van der Waals surface area contributed by atoms with E-state index >= 15 is 0 Å². The first-order chi connectivity index (χ1) is 7.93. The van der Waals surface area contributed by atoms with Crippen LogP contribution in [0, 0.1) is 5.41 Å². The zero-order valence-electron chi connectivity index (χ0n) is 10.8. The predicted octanol–water partition coefficient (Wildman–Crippen LogP) is 0.779. The van der Waals surface area contributed by atoms with E-state index in [-0.39, 0.29) is 17.1 Å². The molecule has 0 bridgehead atoms. The standard InChI is InChI=1S/C12H24N2O2S/c1-12(2,9-13)6-3-7-17(16)8-11(15)14-10-4-5-10/h10H,3-9,13H2,1-2H3,(H,14,15). The first kappa shape index (κ1) is 14.6. The number of carbonyl (C=O) groups is 1. The lowest BCUT2D eigenvalue weighted by atomic mass is 9.88. The van der Waals surface area contributed by atoms with E-state index in [2.05, 4.69) is 19.2 Å². The predicted molar refractivity (Wildman–Crippen MR) is 71.1 cm³/mol. The summed E-state index contributed by atoms with van der Waals surface area (Å²) in [6, 6.07) is 0.357. The van der Waals surface area contributed by atoms with Crippen molar-refractivity contribution in [3.63, 3.8) is 0 Å². The van der Waals surface area contributed by atoms with Crippen LogP contribution < -0.4 is 11.1 Å². The summed E-state index contributed by atoms with van der Waals surface area (Å²) < 4.78 is 11.6. The number of rotatable bonds is 8. The highest BCUT2D eigenvalue weighted by Crippen LogP contribution is 2.20. The van der Waals surface area contributed by atoms with Crippen molar-refractivity contribution in [3.05, 3.63) is 0 Å². The normalized spacial score (nSPS) is 17.8. The van der Waals surface area contributed by atoms with Crippen LogP contribution in [0.15, 0.2) is 0 Å². The molecule has 17 heavy (non-hydrogen) atoms. The van der Waals surface area contributed by atoms with E-state index in [0.717, 1.165) is 25.7 Å². The van der Waals surface area contributed by atoms with Crippen molar-refractivity contribution in [2.75, 3.05) is 18.1 Å². The number of nitrogens with two attached hydrogens (primary N) is 1. The molecule has 100 valence electrons. The highest BCUT2D eigenvalue weighted by molar-refractivity contribution is 7.85. The summed E-state index contributed by atoms with van der Waals surface area (Å²) in [5.74, 6) is 0.685. The van der Waals surface area contributed by atoms with E-state index in [9.17, 15) is 9.00 Å². The van der Waals surface area contributed by atoms with Crippen LogP contribution in [0.1, 0.15) is 39.5 Å². The Morgan fingerprint density at radius 1 is 1.47 bits per heavy atom. The van der Waals surface area contributed by atoms with Gasteiger partial charge in [0.05, 0.1) is 0 Å². The van der Waals surface area contributed by atoms with Gasteiger partial charge < -0.3 is 11.1 Å². The molecule has 5 heteroatoms. The summed E-state index contributed by atoms with van der Waals surface area (Å²) in [5, 5.41) is 2.85. The molecule has 3 N–H and O–H groups in total. The number of nitrogens with one attached hydrogen (secondary N) is 1. The molecule has 1 saturated carbocycles. The summed E-state index contributed by atoms with van der Waals surface area (Å²) in [4.78, 5) is 11.4. The zero-order chi connectivity index (χ0) is 12.9. The number of hydrogen-bond acceptors (Lipinski definition) is 3. The highest BCUT2D eigenvalue weighted by Gasteiger charge is 2.24. The highest BCUT2D eigenvalue weighted by atomic mass is 32.2. The fraction of sp³-hybridized carbons (Fsp3) is 0.917. The lowest BCUT2D eigenvalue weighted by molar-refractivity contribution is -0.118. The van der Waals surface area contributed by atoms with Gasteiger partial charge in [0, 0.05) is 22.6 Å². The molecule has 0 aliphatic heterocycles. The Labute approximate surface area is 106 Å². The second-order valence-corrected chi connectivity index (χ2v) is 7.18. The average Bonchev–Trinajstić information content (AvgIpc) is 3.01. The fourth-order valence-electron chi connectivity index (χ4n) is 1.53. The lowest BCUT2D eigenvalue weighted by Crippen LogP contribution is -2.30. The third-order valence-corrected chi connectivity index (χ3v) is 4.34. The molecular weight excluding hydrogens is 236 g/mol. The Hall–Kier alpha value is -0.420. The van der Waals surface area contributed by atoms with Crippen LogP contribution in [0.25, 0.3) is 0 Å². The van der Waals surface area contributed by atoms with Crippen molar-refractivity contribution in [2.24, 2.45) is 11.1 Å². The summed E-state index contributed by atoms with van der Waals surface area (Å²) in [6.07, 6.45) is 3.97. The van der Waals surface area contributed by atoms with Gasteiger partial charge in [-0.15, -0.1) is 0 Å². The average molecular weight is 260 g/mol. The zero-order valence-corrected chi connectivity index (χ0v) is 11.6. The van der Waals surface area contributed by atoms with Crippen molar-refractivity contribution in [1.82, 2.24) is 5.32 Å². The summed E-state index contributed by atoms with van der Waals surface area (Å²) in [6.45, 7) is 4.85. The second-order valence-electron chi connectivity index (χ2n) is 5.60. The molecule has 1 atom stereocenters. The van der Waals surface area contributed by atoms with E-state index in [4.69, 9.17) is 5.73 Å². The minimum Gasteiger partial charge on any atom is -0.353 e. The minimum absolute atomic E-state index is 0.0658. The van der Waals surface area contributed by atoms with Gasteiger partial charge >= 0.3 is 0 Å². The SMILES string of the molecule is CC(C)(CN)CCCS(=O)CC(=O)NC1CC1. The Bertz CT molecular complexity index is 288. The maximum atomic E-state index is 11.6. The molecule has 1 rings (SSSR count). The monoisotopic (exact) mass is 260 g/mol. The van der Waals surface area contributed by atoms with Crippen molar-refractivity contribution in [2.45, 2.75) is 45.6 Å². The number of carbonyl (C=O) groups excluding carboxylic acids is 1. The van der Waals surface area contributed by atoms with Crippen molar-refractivity contribution < 1.29 is 9.00 Å². The number of hydrogen-bond donors (Lipinski definition) is 2. The van der Waals surface area contributed by atoms with Crippen LogP contribution in [0.2, 0.25) is 0 Å². The van der Waals surface area contributed by atoms with E-state index in [1.807, 2.05) is 0 Å². The van der Waals surface area contributed by atoms with Crippen LogP contribution in [0.4, 0.5) is 0 Å². The first-order valence-corrected chi connectivity index (χ1v) is 7.76. The van der Waals surface area contributed by atoms with E-state index in [0.29, 0.717) is 18.3 Å². The molecule has 0 radical (unpaired) electrons. The third kappa shape index (κ3) is 6.78. The Balaban J connectivity index is 2.09. The molecular formula is C12H24N2O2S. The molecule has 0 aromatic heterocycles. The lowest BCUT2D eigenvalue weighted by Gasteiger charge is -2.21. The minimum atomic E-state index is -1.03. The smallest absolute Gasteiger partial charge is 0.232 e. The molecule has 0 spiro atoms. The van der Waals surface area contributed by atoms with Gasteiger partial charge in [-0.3, -0.25) is 9.00 Å². The molecule has 1 unspecified atom stereocenters. The van der Waals surface area contributed by atoms with Crippen molar-refractivity contribution in [3.8, 4) is 0 Å². The fourth-order valence-corrected chi connectivity index (χ4v) is 2.52. The molecule has 0 aromatic carbocycles. The van der Waals surface area contributed by atoms with Crippen molar-refractivity contribution in [1.29, 1.82) is 0 Å². The summed E-state index contributed by atoms with van der Waals surface area (Å²) in [5.41, 5.74) is 5.74. The topological polar surface area (TPSA) is 72.2 Å². The molecule has 1 amide bonds. The molecule has 1 aliphatic carbocycles. The molecule has 4 nitrogen and oxygen atoms in total. The molecule has 1 aliphatic rings. The van der Waals surface area contributed by atoms with Crippen LogP contribution in [-0.2, 0) is 15.6 Å². The van der Waals surface area contributed by atoms with Crippen LogP contribution in [0.3, 0.4) is 0 Å². The van der Waals surface area contributed by atoms with E-state index < -0.39 is 10.8 Å². The van der Waals surface area contributed by atoms with Crippen LogP contribution >= 0.6 is 0 Å². The third-order valence-electron chi connectivity index (χ3n) is 3.01. The Morgan fingerprint density at radius 3 is 2.65 bits per heavy atom. The van der Waals surface area contributed by atoms with Crippen LogP contribution in [0.5, 0.6) is 0 Å². The largest absolute Gasteiger partial charge is 0.353 e. The maximum Gasteiger partial charge on any atom is 0.232 e. The van der Waals surface area contributed by atoms with Crippen molar-refractivity contribution >= 4 is 16.7 Å². The van der Waals surface area contributed by atoms with Gasteiger partial charge in [-0.2, -0.15) is 0 Å². The van der Waals surface area contributed by atoms with Crippen LogP contribution in [-0.4, -0.2) is 34.2 Å². The first-order valence-electron chi connectivity index (χ1n) is 6.27. The molecule has 1 fully saturated rings. The summed E-state index contributed by atoms with van der Waals surface area (Å²) >= 11 is 0. The van der Waals surface area contributed by atoms with E-state index in [1.54, 1.807) is 0 Å². The molecule has 0 aromatic rings. The van der Waals surface area contributed by atoms with Gasteiger partial charge in [0.2, 0.25) is 5.91 Å². The van der Waals surface area contributed by atoms with Gasteiger partial charge in [0.25, 0.3) is 0 Å². The summed E-state index contributed by atoms with van der Waals surface area (Å²) in [7, 11) is -1.03.